The van der Waals surface area contributed by atoms with Crippen molar-refractivity contribution in [2.75, 3.05) is 37.8 Å². The zero-order chi connectivity index (χ0) is 13.8. The Morgan fingerprint density at radius 3 is 2.37 bits per heavy atom. The van der Waals surface area contributed by atoms with E-state index in [1.807, 2.05) is 6.07 Å². The molecule has 1 fully saturated rings. The second-order valence-corrected chi connectivity index (χ2v) is 6.35. The molecule has 0 radical (unpaired) electrons. The van der Waals surface area contributed by atoms with Crippen molar-refractivity contribution in [2.45, 2.75) is 32.1 Å². The minimum Gasteiger partial charge on any atom is -0.397 e. The Hall–Kier alpha value is -1.23. The highest BCUT2D eigenvalue weighted by molar-refractivity contribution is 7.18. The monoisotopic (exact) mass is 281 g/mol. The number of hydrogen-bond acceptors (Lipinski definition) is 4. The average molecular weight is 281 g/mol. The first kappa shape index (κ1) is 14.2. The van der Waals surface area contributed by atoms with Crippen LogP contribution in [0.3, 0.4) is 0 Å². The summed E-state index contributed by atoms with van der Waals surface area (Å²) >= 11 is 1.53. The van der Waals surface area contributed by atoms with Crippen molar-refractivity contribution >= 4 is 27.9 Å². The van der Waals surface area contributed by atoms with Gasteiger partial charge in [-0.3, -0.25) is 4.79 Å². The maximum absolute atomic E-state index is 12.0. The average Bonchev–Trinajstić information content (AvgIpc) is 2.69. The predicted molar refractivity (Wildman–Crippen MR) is 82.0 cm³/mol. The summed E-state index contributed by atoms with van der Waals surface area (Å²) in [6, 6.07) is 1.96. The summed E-state index contributed by atoms with van der Waals surface area (Å²) in [4.78, 5) is 16.7. The number of carbonyl (C=O) groups excluding carboxylic acids is 1. The zero-order valence-electron chi connectivity index (χ0n) is 11.8. The molecule has 1 aromatic rings. The van der Waals surface area contributed by atoms with Crippen molar-refractivity contribution in [3.63, 3.8) is 0 Å². The Morgan fingerprint density at radius 1 is 1.21 bits per heavy atom. The number of thiophene rings is 1. The standard InChI is InChI=1S/C14H23N3OS/c1-16(2)14(18)13-11(15)10-12(19-13)17-8-6-4-3-5-7-9-17/h10H,3-9,15H2,1-2H3. The lowest BCUT2D eigenvalue weighted by molar-refractivity contribution is 0.0833. The van der Waals surface area contributed by atoms with Gasteiger partial charge in [-0.15, -0.1) is 11.3 Å². The first-order valence-corrected chi connectivity index (χ1v) is 7.77. The maximum Gasteiger partial charge on any atom is 0.265 e. The summed E-state index contributed by atoms with van der Waals surface area (Å²) in [5.74, 6) is 0.000735. The van der Waals surface area contributed by atoms with E-state index in [-0.39, 0.29) is 5.91 Å². The summed E-state index contributed by atoms with van der Waals surface area (Å²) in [5.41, 5.74) is 6.60. The van der Waals surface area contributed by atoms with Crippen LogP contribution >= 0.6 is 11.3 Å². The molecule has 0 spiro atoms. The van der Waals surface area contributed by atoms with E-state index < -0.39 is 0 Å². The summed E-state index contributed by atoms with van der Waals surface area (Å²) in [7, 11) is 3.52. The molecular formula is C14H23N3OS. The molecule has 0 saturated carbocycles. The van der Waals surface area contributed by atoms with Gasteiger partial charge in [-0.25, -0.2) is 0 Å². The molecule has 0 aliphatic carbocycles. The van der Waals surface area contributed by atoms with Crippen LogP contribution in [0.15, 0.2) is 6.07 Å². The fourth-order valence-electron chi connectivity index (χ4n) is 2.39. The number of nitrogens with two attached hydrogens (primary N) is 1. The van der Waals surface area contributed by atoms with Crippen LogP contribution in [0.2, 0.25) is 0 Å². The van der Waals surface area contributed by atoms with Gasteiger partial charge < -0.3 is 15.5 Å². The minimum absolute atomic E-state index is 0.000735. The van der Waals surface area contributed by atoms with Gasteiger partial charge in [-0.1, -0.05) is 19.3 Å². The maximum atomic E-state index is 12.0. The van der Waals surface area contributed by atoms with Crippen molar-refractivity contribution in [1.82, 2.24) is 4.90 Å². The van der Waals surface area contributed by atoms with Crippen molar-refractivity contribution in [3.05, 3.63) is 10.9 Å². The van der Waals surface area contributed by atoms with Gasteiger partial charge >= 0.3 is 0 Å². The van der Waals surface area contributed by atoms with Gasteiger partial charge in [0.05, 0.1) is 10.7 Å². The van der Waals surface area contributed by atoms with Gasteiger partial charge in [0.15, 0.2) is 0 Å². The van der Waals surface area contributed by atoms with E-state index >= 15 is 0 Å². The fourth-order valence-corrected chi connectivity index (χ4v) is 3.54. The fraction of sp³-hybridized carbons (Fsp3) is 0.643. The molecule has 2 rings (SSSR count). The van der Waals surface area contributed by atoms with Crippen LogP contribution in [0, 0.1) is 0 Å². The second kappa shape index (κ2) is 6.28. The molecule has 106 valence electrons. The van der Waals surface area contributed by atoms with Gasteiger partial charge in [0.1, 0.15) is 4.88 Å². The van der Waals surface area contributed by atoms with Crippen LogP contribution in [-0.2, 0) is 0 Å². The van der Waals surface area contributed by atoms with Crippen LogP contribution in [-0.4, -0.2) is 38.0 Å². The molecule has 0 aromatic carbocycles. The molecule has 1 aliphatic heterocycles. The Labute approximate surface area is 119 Å². The second-order valence-electron chi connectivity index (χ2n) is 5.32. The van der Waals surface area contributed by atoms with Crippen LogP contribution in [0.5, 0.6) is 0 Å². The molecule has 0 unspecified atom stereocenters. The third-order valence-electron chi connectivity index (χ3n) is 3.52. The summed E-state index contributed by atoms with van der Waals surface area (Å²) in [6.45, 7) is 2.16. The molecule has 0 bridgehead atoms. The van der Waals surface area contributed by atoms with Crippen molar-refractivity contribution in [2.24, 2.45) is 0 Å². The third kappa shape index (κ3) is 3.41. The number of nitrogen functional groups attached to an aromatic ring is 1. The van der Waals surface area contributed by atoms with Crippen molar-refractivity contribution in [3.8, 4) is 0 Å². The van der Waals surface area contributed by atoms with E-state index in [2.05, 4.69) is 4.90 Å². The highest BCUT2D eigenvalue weighted by Gasteiger charge is 2.19. The van der Waals surface area contributed by atoms with Crippen LogP contribution in [0.4, 0.5) is 10.7 Å². The van der Waals surface area contributed by atoms with Gasteiger partial charge in [0.25, 0.3) is 5.91 Å². The Bertz CT molecular complexity index is 434. The molecule has 2 heterocycles. The number of rotatable bonds is 2. The van der Waals surface area contributed by atoms with E-state index in [0.717, 1.165) is 18.1 Å². The van der Waals surface area contributed by atoms with Crippen LogP contribution in [0.25, 0.3) is 0 Å². The first-order valence-electron chi connectivity index (χ1n) is 6.95. The number of hydrogen-bond donors (Lipinski definition) is 1. The smallest absolute Gasteiger partial charge is 0.265 e. The Balaban J connectivity index is 2.15. The van der Waals surface area contributed by atoms with Gasteiger partial charge in [0.2, 0.25) is 0 Å². The van der Waals surface area contributed by atoms with E-state index in [4.69, 9.17) is 5.73 Å². The highest BCUT2D eigenvalue weighted by atomic mass is 32.1. The molecule has 0 atom stereocenters. The van der Waals surface area contributed by atoms with E-state index in [1.165, 1.54) is 43.4 Å². The van der Waals surface area contributed by atoms with Gasteiger partial charge in [-0.2, -0.15) is 0 Å². The van der Waals surface area contributed by atoms with Crippen molar-refractivity contribution < 1.29 is 4.79 Å². The number of amides is 1. The van der Waals surface area contributed by atoms with E-state index in [9.17, 15) is 4.79 Å². The summed E-state index contributed by atoms with van der Waals surface area (Å²) in [6.07, 6.45) is 6.43. The van der Waals surface area contributed by atoms with Crippen LogP contribution in [0.1, 0.15) is 41.8 Å². The minimum atomic E-state index is 0.000735. The molecule has 5 heteroatoms. The lowest BCUT2D eigenvalue weighted by Gasteiger charge is -2.25. The van der Waals surface area contributed by atoms with E-state index in [0.29, 0.717) is 10.6 Å². The quantitative estimate of drug-likeness (QED) is 0.907. The van der Waals surface area contributed by atoms with Crippen LogP contribution < -0.4 is 10.6 Å². The molecule has 2 N–H and O–H groups in total. The SMILES string of the molecule is CN(C)C(=O)c1sc(N2CCCCCCC2)cc1N. The lowest BCUT2D eigenvalue weighted by atomic mass is 10.1. The third-order valence-corrected chi connectivity index (χ3v) is 4.72. The largest absolute Gasteiger partial charge is 0.397 e. The Morgan fingerprint density at radius 2 is 1.79 bits per heavy atom. The molecule has 1 saturated heterocycles. The molecule has 1 aliphatic rings. The van der Waals surface area contributed by atoms with E-state index in [1.54, 1.807) is 19.0 Å². The highest BCUT2D eigenvalue weighted by Crippen LogP contribution is 2.33. The van der Waals surface area contributed by atoms with Gasteiger partial charge in [0, 0.05) is 27.2 Å². The Kier molecular flexibility index (Phi) is 4.69. The molecular weight excluding hydrogens is 258 g/mol. The van der Waals surface area contributed by atoms with Gasteiger partial charge in [-0.05, 0) is 18.9 Å². The number of nitrogens with zero attached hydrogens (tertiary/aromatic N) is 2. The normalized spacial score (nSPS) is 16.8. The molecule has 19 heavy (non-hydrogen) atoms. The predicted octanol–water partition coefficient (Wildman–Crippen LogP) is 2.80. The first-order chi connectivity index (χ1) is 9.09. The number of carbonyl (C=O) groups is 1. The molecule has 4 nitrogen and oxygen atoms in total. The zero-order valence-corrected chi connectivity index (χ0v) is 12.6. The summed E-state index contributed by atoms with van der Waals surface area (Å²) in [5, 5.41) is 1.14. The topological polar surface area (TPSA) is 49.6 Å². The molecule has 1 amide bonds. The lowest BCUT2D eigenvalue weighted by Crippen LogP contribution is -2.26. The van der Waals surface area contributed by atoms with Crippen molar-refractivity contribution in [1.29, 1.82) is 0 Å². The number of anilines is 2. The summed E-state index contributed by atoms with van der Waals surface area (Å²) < 4.78 is 0. The molecule has 1 aromatic heterocycles.